The second-order valence-corrected chi connectivity index (χ2v) is 4.53. The Hall–Kier alpha value is -3.16. The highest BCUT2D eigenvalue weighted by Gasteiger charge is 2.19. The van der Waals surface area contributed by atoms with Crippen molar-refractivity contribution in [3.63, 3.8) is 0 Å². The third kappa shape index (κ3) is 1.69. The van der Waals surface area contributed by atoms with E-state index in [1.165, 1.54) is 17.0 Å². The zero-order valence-electron chi connectivity index (χ0n) is 11.0. The van der Waals surface area contributed by atoms with Gasteiger partial charge in [0.05, 0.1) is 17.2 Å². The van der Waals surface area contributed by atoms with Crippen LogP contribution in [0.2, 0.25) is 0 Å². The van der Waals surface area contributed by atoms with Gasteiger partial charge in [-0.2, -0.15) is 10.1 Å². The molecule has 0 bridgehead atoms. The molecule has 0 radical (unpaired) electrons. The number of hydrogen-bond acceptors (Lipinski definition) is 6. The SMILES string of the molecule is Cn1c(C(=O)c2cn3ncnc3nn2)nc2ccccc21. The molecule has 0 fully saturated rings. The van der Waals surface area contributed by atoms with Crippen molar-refractivity contribution in [3.8, 4) is 0 Å². The van der Waals surface area contributed by atoms with Gasteiger partial charge in [-0.1, -0.05) is 12.1 Å². The minimum atomic E-state index is -0.307. The number of nitrogens with zero attached hydrogens (tertiary/aromatic N) is 7. The number of rotatable bonds is 2. The van der Waals surface area contributed by atoms with E-state index < -0.39 is 0 Å². The molecular weight excluding hydrogens is 270 g/mol. The van der Waals surface area contributed by atoms with Crippen molar-refractivity contribution in [1.82, 2.24) is 34.3 Å². The van der Waals surface area contributed by atoms with E-state index in [0.717, 1.165) is 11.0 Å². The zero-order valence-corrected chi connectivity index (χ0v) is 11.0. The van der Waals surface area contributed by atoms with Crippen molar-refractivity contribution in [3.05, 3.63) is 48.3 Å². The van der Waals surface area contributed by atoms with Crippen LogP contribution in [0.25, 0.3) is 16.8 Å². The Labute approximate surface area is 118 Å². The Morgan fingerprint density at radius 1 is 1.19 bits per heavy atom. The summed E-state index contributed by atoms with van der Waals surface area (Å²) in [5.74, 6) is 0.347. The summed E-state index contributed by atoms with van der Waals surface area (Å²) < 4.78 is 3.15. The zero-order chi connectivity index (χ0) is 14.4. The Balaban J connectivity index is 1.87. The Kier molecular flexibility index (Phi) is 2.31. The minimum Gasteiger partial charge on any atom is -0.324 e. The molecule has 0 saturated heterocycles. The van der Waals surface area contributed by atoms with Crippen LogP contribution in [0.3, 0.4) is 0 Å². The van der Waals surface area contributed by atoms with Crippen LogP contribution in [0.15, 0.2) is 36.8 Å². The summed E-state index contributed by atoms with van der Waals surface area (Å²) in [6, 6.07) is 7.55. The lowest BCUT2D eigenvalue weighted by Crippen LogP contribution is -2.13. The predicted octanol–water partition coefficient (Wildman–Crippen LogP) is 0.637. The van der Waals surface area contributed by atoms with Gasteiger partial charge in [-0.25, -0.2) is 9.50 Å². The third-order valence-corrected chi connectivity index (χ3v) is 3.27. The first kappa shape index (κ1) is 11.6. The normalized spacial score (nSPS) is 11.3. The molecule has 0 amide bonds. The molecule has 0 N–H and O–H groups in total. The molecule has 1 aromatic carbocycles. The molecule has 0 aliphatic carbocycles. The van der Waals surface area contributed by atoms with Crippen LogP contribution in [0.1, 0.15) is 16.3 Å². The summed E-state index contributed by atoms with van der Waals surface area (Å²) in [7, 11) is 1.80. The van der Waals surface area contributed by atoms with Crippen molar-refractivity contribution < 1.29 is 4.79 Å². The van der Waals surface area contributed by atoms with Gasteiger partial charge in [-0.3, -0.25) is 4.79 Å². The second kappa shape index (κ2) is 4.17. The summed E-state index contributed by atoms with van der Waals surface area (Å²) in [6.07, 6.45) is 2.85. The van der Waals surface area contributed by atoms with Crippen LogP contribution in [0.4, 0.5) is 0 Å². The van der Waals surface area contributed by atoms with E-state index in [-0.39, 0.29) is 11.5 Å². The predicted molar refractivity (Wildman–Crippen MR) is 72.7 cm³/mol. The molecule has 3 heterocycles. The molecule has 0 aliphatic rings. The molecule has 102 valence electrons. The number of carbonyl (C=O) groups is 1. The van der Waals surface area contributed by atoms with Crippen molar-refractivity contribution in [2.75, 3.05) is 0 Å². The van der Waals surface area contributed by atoms with E-state index in [9.17, 15) is 4.79 Å². The van der Waals surface area contributed by atoms with Crippen LogP contribution in [-0.4, -0.2) is 40.1 Å². The number of aryl methyl sites for hydroxylation is 1. The highest BCUT2D eigenvalue weighted by atomic mass is 16.1. The molecule has 4 aromatic rings. The van der Waals surface area contributed by atoms with Gasteiger partial charge < -0.3 is 4.57 Å². The molecule has 21 heavy (non-hydrogen) atoms. The topological polar surface area (TPSA) is 90.9 Å². The van der Waals surface area contributed by atoms with Gasteiger partial charge in [-0.15, -0.1) is 10.2 Å². The highest BCUT2D eigenvalue weighted by molar-refractivity contribution is 6.06. The fourth-order valence-corrected chi connectivity index (χ4v) is 2.21. The summed E-state index contributed by atoms with van der Waals surface area (Å²) in [4.78, 5) is 20.8. The number of carbonyl (C=O) groups excluding carboxylic acids is 1. The van der Waals surface area contributed by atoms with Crippen molar-refractivity contribution in [2.24, 2.45) is 7.05 Å². The molecule has 0 spiro atoms. The number of para-hydroxylation sites is 2. The first-order chi connectivity index (χ1) is 10.2. The molecule has 0 atom stereocenters. The number of imidazole rings is 1. The molecule has 3 aromatic heterocycles. The number of fused-ring (bicyclic) bond motifs is 2. The lowest BCUT2D eigenvalue weighted by atomic mass is 10.3. The molecule has 0 unspecified atom stereocenters. The fourth-order valence-electron chi connectivity index (χ4n) is 2.21. The standard InChI is InChI=1S/C13H9N7O/c1-19-10-5-3-2-4-8(10)16-12(19)11(21)9-6-20-13(18-17-9)14-7-15-20/h2-7H,1H3. The Bertz CT molecular complexity index is 984. The van der Waals surface area contributed by atoms with Gasteiger partial charge in [0, 0.05) is 7.05 Å². The van der Waals surface area contributed by atoms with E-state index in [2.05, 4.69) is 25.3 Å². The van der Waals surface area contributed by atoms with Crippen molar-refractivity contribution >= 4 is 22.6 Å². The first-order valence-corrected chi connectivity index (χ1v) is 6.23. The molecule has 0 saturated carbocycles. The lowest BCUT2D eigenvalue weighted by Gasteiger charge is -2.00. The molecule has 0 aliphatic heterocycles. The largest absolute Gasteiger partial charge is 0.324 e. The Morgan fingerprint density at radius 3 is 2.90 bits per heavy atom. The number of ketones is 1. The van der Waals surface area contributed by atoms with Crippen LogP contribution >= 0.6 is 0 Å². The van der Waals surface area contributed by atoms with Gasteiger partial charge in [0.2, 0.25) is 5.78 Å². The first-order valence-electron chi connectivity index (χ1n) is 6.23. The minimum absolute atomic E-state index is 0.173. The average Bonchev–Trinajstić information content (AvgIpc) is 3.11. The Morgan fingerprint density at radius 2 is 2.05 bits per heavy atom. The maximum absolute atomic E-state index is 12.6. The molecule has 8 nitrogen and oxygen atoms in total. The smallest absolute Gasteiger partial charge is 0.271 e. The van der Waals surface area contributed by atoms with Crippen LogP contribution in [-0.2, 0) is 7.05 Å². The van der Waals surface area contributed by atoms with Crippen LogP contribution in [0.5, 0.6) is 0 Å². The van der Waals surface area contributed by atoms with Gasteiger partial charge in [-0.05, 0) is 12.1 Å². The summed E-state index contributed by atoms with van der Waals surface area (Å²) >= 11 is 0. The summed E-state index contributed by atoms with van der Waals surface area (Å²) in [5, 5.41) is 11.7. The maximum atomic E-state index is 12.6. The molecule has 4 rings (SSSR count). The number of benzene rings is 1. The fraction of sp³-hybridized carbons (Fsp3) is 0.0769. The van der Waals surface area contributed by atoms with Crippen LogP contribution < -0.4 is 0 Å². The second-order valence-electron chi connectivity index (χ2n) is 4.53. The van der Waals surface area contributed by atoms with Gasteiger partial charge >= 0.3 is 0 Å². The summed E-state index contributed by atoms with van der Waals surface area (Å²) in [6.45, 7) is 0. The van der Waals surface area contributed by atoms with Gasteiger partial charge in [0.25, 0.3) is 5.78 Å². The van der Waals surface area contributed by atoms with Gasteiger partial charge in [0.1, 0.15) is 6.33 Å². The van der Waals surface area contributed by atoms with Crippen LogP contribution in [0, 0.1) is 0 Å². The van der Waals surface area contributed by atoms with Gasteiger partial charge in [0.15, 0.2) is 11.5 Å². The van der Waals surface area contributed by atoms with E-state index in [4.69, 9.17) is 0 Å². The monoisotopic (exact) mass is 279 g/mol. The third-order valence-electron chi connectivity index (χ3n) is 3.27. The van der Waals surface area contributed by atoms with E-state index >= 15 is 0 Å². The van der Waals surface area contributed by atoms with E-state index in [1.807, 2.05) is 24.3 Å². The average molecular weight is 279 g/mol. The van der Waals surface area contributed by atoms with E-state index in [0.29, 0.717) is 11.6 Å². The van der Waals surface area contributed by atoms with Crippen molar-refractivity contribution in [2.45, 2.75) is 0 Å². The maximum Gasteiger partial charge on any atom is 0.271 e. The number of aromatic nitrogens is 7. The lowest BCUT2D eigenvalue weighted by molar-refractivity contribution is 0.102. The quantitative estimate of drug-likeness (QED) is 0.500. The van der Waals surface area contributed by atoms with E-state index in [1.54, 1.807) is 11.6 Å². The highest BCUT2D eigenvalue weighted by Crippen LogP contribution is 2.16. The van der Waals surface area contributed by atoms with Crippen molar-refractivity contribution in [1.29, 1.82) is 0 Å². The molecule has 8 heteroatoms. The molecular formula is C13H9N7O. The number of hydrogen-bond donors (Lipinski definition) is 0. The summed E-state index contributed by atoms with van der Waals surface area (Å²) in [5.41, 5.74) is 1.82.